The molecule has 3 rings (SSSR count). The molecule has 1 aromatic rings. The smallest absolute Gasteiger partial charge is 0.228 e. The maximum Gasteiger partial charge on any atom is 0.228 e. The number of ether oxygens (including phenoxy) is 1. The lowest BCUT2D eigenvalue weighted by Crippen LogP contribution is -2.42. The predicted octanol–water partition coefficient (Wildman–Crippen LogP) is 2.20. The molecule has 2 heterocycles. The van der Waals surface area contributed by atoms with Crippen molar-refractivity contribution in [3.63, 3.8) is 0 Å². The van der Waals surface area contributed by atoms with E-state index in [0.29, 0.717) is 18.2 Å². The average Bonchev–Trinajstić information content (AvgIpc) is 3.07. The Morgan fingerprint density at radius 2 is 2.04 bits per heavy atom. The lowest BCUT2D eigenvalue weighted by Gasteiger charge is -2.33. The SMILES string of the molecule is CNCCC1CCN(C(=O)C2CC(=O)N(c3cc(C)ccc3OC)C2)CC1. The molecule has 0 bridgehead atoms. The van der Waals surface area contributed by atoms with Crippen LogP contribution in [0.2, 0.25) is 0 Å². The van der Waals surface area contributed by atoms with Gasteiger partial charge in [-0.25, -0.2) is 0 Å². The average molecular weight is 373 g/mol. The molecule has 0 aromatic heterocycles. The lowest BCUT2D eigenvalue weighted by molar-refractivity contribution is -0.137. The van der Waals surface area contributed by atoms with Crippen molar-refractivity contribution in [2.24, 2.45) is 11.8 Å². The maximum absolute atomic E-state index is 13.0. The highest BCUT2D eigenvalue weighted by Crippen LogP contribution is 2.34. The molecule has 0 saturated carbocycles. The van der Waals surface area contributed by atoms with Crippen molar-refractivity contribution in [2.75, 3.05) is 45.2 Å². The molecule has 1 unspecified atom stereocenters. The fourth-order valence-corrected chi connectivity index (χ4v) is 4.17. The molecule has 0 spiro atoms. The number of rotatable bonds is 6. The molecule has 6 nitrogen and oxygen atoms in total. The number of methoxy groups -OCH3 is 1. The minimum Gasteiger partial charge on any atom is -0.495 e. The van der Waals surface area contributed by atoms with Crippen LogP contribution in [0.15, 0.2) is 18.2 Å². The number of benzene rings is 1. The van der Waals surface area contributed by atoms with Gasteiger partial charge in [0.1, 0.15) is 5.75 Å². The van der Waals surface area contributed by atoms with Crippen LogP contribution in [0.4, 0.5) is 5.69 Å². The first-order valence-electron chi connectivity index (χ1n) is 9.92. The van der Waals surface area contributed by atoms with E-state index in [4.69, 9.17) is 4.74 Å². The van der Waals surface area contributed by atoms with E-state index in [1.54, 1.807) is 12.0 Å². The van der Waals surface area contributed by atoms with Crippen molar-refractivity contribution in [2.45, 2.75) is 32.6 Å². The van der Waals surface area contributed by atoms with E-state index in [1.165, 1.54) is 6.42 Å². The topological polar surface area (TPSA) is 61.9 Å². The monoisotopic (exact) mass is 373 g/mol. The zero-order valence-corrected chi connectivity index (χ0v) is 16.7. The van der Waals surface area contributed by atoms with E-state index in [-0.39, 0.29) is 24.2 Å². The number of nitrogens with one attached hydrogen (secondary N) is 1. The van der Waals surface area contributed by atoms with Gasteiger partial charge in [-0.1, -0.05) is 6.07 Å². The van der Waals surface area contributed by atoms with Gasteiger partial charge < -0.3 is 19.9 Å². The van der Waals surface area contributed by atoms with E-state index in [1.807, 2.05) is 37.1 Å². The van der Waals surface area contributed by atoms with Crippen LogP contribution in [0.5, 0.6) is 5.75 Å². The van der Waals surface area contributed by atoms with Crippen LogP contribution in [0.3, 0.4) is 0 Å². The summed E-state index contributed by atoms with van der Waals surface area (Å²) in [6.45, 7) is 5.09. The standard InChI is InChI=1S/C21H31N3O3/c1-15-4-5-19(27-3)18(12-15)24-14-17(13-20(24)25)21(26)23-10-7-16(8-11-23)6-9-22-2/h4-5,12,16-17,22H,6-11,13-14H2,1-3H3. The van der Waals surface area contributed by atoms with Crippen LogP contribution in [0.1, 0.15) is 31.2 Å². The summed E-state index contributed by atoms with van der Waals surface area (Å²) in [5, 5.41) is 3.20. The second kappa shape index (κ2) is 8.74. The second-order valence-corrected chi connectivity index (χ2v) is 7.74. The molecule has 27 heavy (non-hydrogen) atoms. The molecule has 1 aromatic carbocycles. The molecule has 1 N–H and O–H groups in total. The molecular formula is C21H31N3O3. The Kier molecular flexibility index (Phi) is 6.37. The Morgan fingerprint density at radius 3 is 2.70 bits per heavy atom. The molecule has 2 amide bonds. The molecule has 148 valence electrons. The minimum atomic E-state index is -0.253. The van der Waals surface area contributed by atoms with E-state index in [0.717, 1.165) is 43.7 Å². The Hall–Kier alpha value is -2.08. The van der Waals surface area contributed by atoms with Gasteiger partial charge in [-0.05, 0) is 63.4 Å². The molecule has 0 radical (unpaired) electrons. The van der Waals surface area contributed by atoms with E-state index in [2.05, 4.69) is 5.32 Å². The second-order valence-electron chi connectivity index (χ2n) is 7.74. The molecule has 2 aliphatic heterocycles. The Bertz CT molecular complexity index is 683. The summed E-state index contributed by atoms with van der Waals surface area (Å²) in [5.74, 6) is 1.24. The summed E-state index contributed by atoms with van der Waals surface area (Å²) in [4.78, 5) is 29.3. The number of aryl methyl sites for hydroxylation is 1. The van der Waals surface area contributed by atoms with Crippen molar-refractivity contribution in [3.05, 3.63) is 23.8 Å². The third-order valence-electron chi connectivity index (χ3n) is 5.83. The molecular weight excluding hydrogens is 342 g/mol. The van der Waals surface area contributed by atoms with Crippen LogP contribution in [0, 0.1) is 18.8 Å². The van der Waals surface area contributed by atoms with E-state index >= 15 is 0 Å². The van der Waals surface area contributed by atoms with Gasteiger partial charge in [-0.3, -0.25) is 9.59 Å². The molecule has 2 saturated heterocycles. The van der Waals surface area contributed by atoms with E-state index < -0.39 is 0 Å². The molecule has 1 atom stereocenters. The van der Waals surface area contributed by atoms with Crippen LogP contribution >= 0.6 is 0 Å². The van der Waals surface area contributed by atoms with Crippen molar-refractivity contribution < 1.29 is 14.3 Å². The van der Waals surface area contributed by atoms with E-state index in [9.17, 15) is 9.59 Å². The van der Waals surface area contributed by atoms with Crippen LogP contribution in [0.25, 0.3) is 0 Å². The normalized spacial score (nSPS) is 21.0. The van der Waals surface area contributed by atoms with Crippen molar-refractivity contribution in [3.8, 4) is 5.75 Å². The minimum absolute atomic E-state index is 0.00107. The quantitative estimate of drug-likeness (QED) is 0.830. The third kappa shape index (κ3) is 4.43. The fourth-order valence-electron chi connectivity index (χ4n) is 4.17. The zero-order chi connectivity index (χ0) is 19.4. The van der Waals surface area contributed by atoms with Gasteiger partial charge in [0, 0.05) is 26.1 Å². The summed E-state index contributed by atoms with van der Waals surface area (Å²) in [7, 11) is 3.58. The summed E-state index contributed by atoms with van der Waals surface area (Å²) in [5.41, 5.74) is 1.83. The molecule has 2 fully saturated rings. The summed E-state index contributed by atoms with van der Waals surface area (Å²) in [6, 6.07) is 5.80. The number of carbonyl (C=O) groups excluding carboxylic acids is 2. The lowest BCUT2D eigenvalue weighted by atomic mass is 9.92. The Labute approximate surface area is 161 Å². The van der Waals surface area contributed by atoms with Crippen LogP contribution in [-0.4, -0.2) is 57.1 Å². The first kappa shape index (κ1) is 19.7. The summed E-state index contributed by atoms with van der Waals surface area (Å²) < 4.78 is 5.42. The van der Waals surface area contributed by atoms with Gasteiger partial charge in [0.15, 0.2) is 0 Å². The van der Waals surface area contributed by atoms with Gasteiger partial charge >= 0.3 is 0 Å². The number of hydrogen-bond acceptors (Lipinski definition) is 4. The number of carbonyl (C=O) groups is 2. The maximum atomic E-state index is 13.0. The first-order chi connectivity index (χ1) is 13.0. The highest BCUT2D eigenvalue weighted by Gasteiger charge is 2.38. The largest absolute Gasteiger partial charge is 0.495 e. The van der Waals surface area contributed by atoms with Gasteiger partial charge in [0.05, 0.1) is 18.7 Å². The Balaban J connectivity index is 1.62. The van der Waals surface area contributed by atoms with Crippen molar-refractivity contribution in [1.29, 1.82) is 0 Å². The molecule has 0 aliphatic carbocycles. The first-order valence-corrected chi connectivity index (χ1v) is 9.92. The highest BCUT2D eigenvalue weighted by molar-refractivity contribution is 6.01. The van der Waals surface area contributed by atoms with Crippen LogP contribution in [-0.2, 0) is 9.59 Å². The third-order valence-corrected chi connectivity index (χ3v) is 5.83. The van der Waals surface area contributed by atoms with Gasteiger partial charge in [0.25, 0.3) is 0 Å². The number of likely N-dealkylation sites (tertiary alicyclic amines) is 1. The number of amides is 2. The zero-order valence-electron chi connectivity index (χ0n) is 16.7. The van der Waals surface area contributed by atoms with Crippen LogP contribution < -0.4 is 15.0 Å². The number of anilines is 1. The van der Waals surface area contributed by atoms with Crippen molar-refractivity contribution in [1.82, 2.24) is 10.2 Å². The highest BCUT2D eigenvalue weighted by atomic mass is 16.5. The van der Waals surface area contributed by atoms with Gasteiger partial charge in [0.2, 0.25) is 11.8 Å². The fraction of sp³-hybridized carbons (Fsp3) is 0.619. The summed E-state index contributed by atoms with van der Waals surface area (Å²) in [6.07, 6.45) is 3.57. The summed E-state index contributed by atoms with van der Waals surface area (Å²) >= 11 is 0. The van der Waals surface area contributed by atoms with Gasteiger partial charge in [-0.2, -0.15) is 0 Å². The van der Waals surface area contributed by atoms with Gasteiger partial charge in [-0.15, -0.1) is 0 Å². The molecule has 2 aliphatic rings. The number of piperidine rings is 1. The predicted molar refractivity (Wildman–Crippen MR) is 106 cm³/mol. The number of nitrogens with zero attached hydrogens (tertiary/aromatic N) is 2. The van der Waals surface area contributed by atoms with Crippen molar-refractivity contribution >= 4 is 17.5 Å². The molecule has 6 heteroatoms. The number of hydrogen-bond donors (Lipinski definition) is 1. The Morgan fingerprint density at radius 1 is 1.30 bits per heavy atom.